The molecule has 118 valence electrons. The first-order chi connectivity index (χ1) is 11.6. The van der Waals surface area contributed by atoms with E-state index in [2.05, 4.69) is 0 Å². The highest BCUT2D eigenvalue weighted by atomic mass is 16.3. The maximum absolute atomic E-state index is 12.8. The highest BCUT2D eigenvalue weighted by molar-refractivity contribution is 5.97. The van der Waals surface area contributed by atoms with E-state index >= 15 is 0 Å². The van der Waals surface area contributed by atoms with E-state index in [0.717, 1.165) is 11.1 Å². The zero-order valence-corrected chi connectivity index (χ0v) is 12.8. The van der Waals surface area contributed by atoms with Crippen molar-refractivity contribution in [1.29, 1.82) is 0 Å². The van der Waals surface area contributed by atoms with Gasteiger partial charge in [-0.05, 0) is 17.7 Å². The first-order valence-electron chi connectivity index (χ1n) is 7.66. The maximum atomic E-state index is 12.8. The number of aromatic nitrogens is 1. The number of phenolic OH excluding ortho intramolecular Hbond substituents is 2. The van der Waals surface area contributed by atoms with Crippen molar-refractivity contribution in [1.82, 2.24) is 4.57 Å². The van der Waals surface area contributed by atoms with Crippen molar-refractivity contribution in [3.05, 3.63) is 82.5 Å². The van der Waals surface area contributed by atoms with Gasteiger partial charge in [-0.3, -0.25) is 4.79 Å². The van der Waals surface area contributed by atoms with Crippen molar-refractivity contribution in [3.8, 4) is 11.5 Å². The molecule has 0 amide bonds. The molecule has 0 saturated heterocycles. The van der Waals surface area contributed by atoms with Gasteiger partial charge in [0.2, 0.25) is 5.43 Å². The minimum atomic E-state index is -0.234. The van der Waals surface area contributed by atoms with Crippen LogP contribution in [-0.2, 0) is 6.54 Å². The average molecular weight is 317 g/mol. The fraction of sp³-hybridized carbons (Fsp3) is 0.0500. The maximum Gasteiger partial charge on any atom is 0.200 e. The number of benzene rings is 3. The minimum absolute atomic E-state index is 0.0727. The Bertz CT molecular complexity index is 1110. The second-order valence-electron chi connectivity index (χ2n) is 5.78. The Morgan fingerprint density at radius 2 is 1.54 bits per heavy atom. The van der Waals surface area contributed by atoms with E-state index in [9.17, 15) is 15.0 Å². The minimum Gasteiger partial charge on any atom is -0.508 e. The second kappa shape index (κ2) is 5.42. The summed E-state index contributed by atoms with van der Waals surface area (Å²) in [6.07, 6.45) is 0. The van der Waals surface area contributed by atoms with Crippen molar-refractivity contribution >= 4 is 21.8 Å². The molecule has 0 spiro atoms. The molecule has 0 aliphatic heterocycles. The van der Waals surface area contributed by atoms with E-state index in [0.29, 0.717) is 17.4 Å². The molecule has 0 atom stereocenters. The molecule has 1 heterocycles. The van der Waals surface area contributed by atoms with Gasteiger partial charge in [-0.1, -0.05) is 42.5 Å². The zero-order chi connectivity index (χ0) is 16.7. The van der Waals surface area contributed by atoms with Gasteiger partial charge in [0.1, 0.15) is 11.5 Å². The number of rotatable bonds is 2. The molecular formula is C20H15NO3. The zero-order valence-electron chi connectivity index (χ0n) is 12.8. The lowest BCUT2D eigenvalue weighted by molar-refractivity contribution is 0.454. The molecule has 0 fully saturated rings. The predicted molar refractivity (Wildman–Crippen MR) is 94.6 cm³/mol. The second-order valence-corrected chi connectivity index (χ2v) is 5.78. The predicted octanol–water partition coefficient (Wildman–Crippen LogP) is 3.61. The van der Waals surface area contributed by atoms with Crippen molar-refractivity contribution in [2.45, 2.75) is 6.54 Å². The number of hydrogen-bond donors (Lipinski definition) is 2. The number of fused-ring (bicyclic) bond motifs is 2. The largest absolute Gasteiger partial charge is 0.508 e. The fourth-order valence-corrected chi connectivity index (χ4v) is 3.14. The molecule has 0 aliphatic carbocycles. The van der Waals surface area contributed by atoms with Crippen molar-refractivity contribution in [3.63, 3.8) is 0 Å². The lowest BCUT2D eigenvalue weighted by Gasteiger charge is -2.16. The van der Waals surface area contributed by atoms with E-state index in [4.69, 9.17) is 0 Å². The molecule has 4 aromatic rings. The van der Waals surface area contributed by atoms with E-state index in [1.807, 2.05) is 47.0 Å². The number of phenols is 2. The molecule has 1 aromatic heterocycles. The summed E-state index contributed by atoms with van der Waals surface area (Å²) >= 11 is 0. The SMILES string of the molecule is O=c1c2ccccc2n(Cc2ccccc2)c2cc(O)cc(O)c12. The summed E-state index contributed by atoms with van der Waals surface area (Å²) < 4.78 is 1.95. The Kier molecular flexibility index (Phi) is 3.24. The van der Waals surface area contributed by atoms with Crippen molar-refractivity contribution in [2.75, 3.05) is 0 Å². The first-order valence-corrected chi connectivity index (χ1v) is 7.66. The van der Waals surface area contributed by atoms with Crippen LogP contribution in [0.5, 0.6) is 11.5 Å². The Labute approximate surface area is 137 Å². The lowest BCUT2D eigenvalue weighted by Crippen LogP contribution is -2.12. The number of pyridine rings is 1. The summed E-state index contributed by atoms with van der Waals surface area (Å²) in [6, 6.07) is 19.9. The Balaban J connectivity index is 2.15. The summed E-state index contributed by atoms with van der Waals surface area (Å²) in [4.78, 5) is 12.8. The third-order valence-corrected chi connectivity index (χ3v) is 4.22. The van der Waals surface area contributed by atoms with E-state index in [1.165, 1.54) is 12.1 Å². The average Bonchev–Trinajstić information content (AvgIpc) is 2.59. The molecule has 3 aromatic carbocycles. The number of hydrogen-bond acceptors (Lipinski definition) is 3. The van der Waals surface area contributed by atoms with Crippen LogP contribution in [0.3, 0.4) is 0 Å². The molecule has 0 aliphatic rings. The molecule has 0 saturated carbocycles. The topological polar surface area (TPSA) is 62.5 Å². The highest BCUT2D eigenvalue weighted by Crippen LogP contribution is 2.30. The lowest BCUT2D eigenvalue weighted by atomic mass is 10.1. The van der Waals surface area contributed by atoms with Crippen LogP contribution in [0, 0.1) is 0 Å². The molecule has 2 N–H and O–H groups in total. The van der Waals surface area contributed by atoms with Crippen LogP contribution < -0.4 is 5.43 Å². The molecular weight excluding hydrogens is 302 g/mol. The molecule has 4 heteroatoms. The molecule has 0 unspecified atom stereocenters. The normalized spacial score (nSPS) is 11.2. The summed E-state index contributed by atoms with van der Waals surface area (Å²) in [5.41, 5.74) is 2.11. The number of aromatic hydroxyl groups is 2. The van der Waals surface area contributed by atoms with Crippen LogP contribution in [0.15, 0.2) is 71.5 Å². The van der Waals surface area contributed by atoms with Crippen LogP contribution in [0.1, 0.15) is 5.56 Å². The Morgan fingerprint density at radius 1 is 0.833 bits per heavy atom. The van der Waals surface area contributed by atoms with Crippen LogP contribution in [0.25, 0.3) is 21.8 Å². The third kappa shape index (κ3) is 2.20. The van der Waals surface area contributed by atoms with Gasteiger partial charge in [-0.15, -0.1) is 0 Å². The quantitative estimate of drug-likeness (QED) is 0.555. The molecule has 0 radical (unpaired) electrons. The summed E-state index contributed by atoms with van der Waals surface area (Å²) in [5, 5.41) is 20.9. The molecule has 4 nitrogen and oxygen atoms in total. The van der Waals surface area contributed by atoms with Gasteiger partial charge in [0.25, 0.3) is 0 Å². The summed E-state index contributed by atoms with van der Waals surface area (Å²) in [5.74, 6) is -0.279. The van der Waals surface area contributed by atoms with Crippen molar-refractivity contribution < 1.29 is 10.2 Å². The summed E-state index contributed by atoms with van der Waals surface area (Å²) in [7, 11) is 0. The standard InChI is InChI=1S/C20H15NO3/c22-14-10-17-19(18(23)11-14)20(24)15-8-4-5-9-16(15)21(17)12-13-6-2-1-3-7-13/h1-11,22-23H,12H2. The summed E-state index contributed by atoms with van der Waals surface area (Å²) in [6.45, 7) is 0.529. The molecule has 0 bridgehead atoms. The van der Waals surface area contributed by atoms with Crippen molar-refractivity contribution in [2.24, 2.45) is 0 Å². The van der Waals surface area contributed by atoms with Gasteiger partial charge in [0, 0.05) is 24.1 Å². The third-order valence-electron chi connectivity index (χ3n) is 4.22. The monoisotopic (exact) mass is 317 g/mol. The van der Waals surface area contributed by atoms with Crippen LogP contribution in [0.4, 0.5) is 0 Å². The fourth-order valence-electron chi connectivity index (χ4n) is 3.14. The van der Waals surface area contributed by atoms with Gasteiger partial charge in [-0.2, -0.15) is 0 Å². The smallest absolute Gasteiger partial charge is 0.200 e. The van der Waals surface area contributed by atoms with Gasteiger partial charge in [-0.25, -0.2) is 0 Å². The van der Waals surface area contributed by atoms with Gasteiger partial charge < -0.3 is 14.8 Å². The van der Waals surface area contributed by atoms with Crippen LogP contribution in [0.2, 0.25) is 0 Å². The van der Waals surface area contributed by atoms with Gasteiger partial charge in [0.05, 0.1) is 16.4 Å². The Morgan fingerprint density at radius 3 is 2.33 bits per heavy atom. The first kappa shape index (κ1) is 14.3. The van der Waals surface area contributed by atoms with E-state index in [1.54, 1.807) is 12.1 Å². The van der Waals surface area contributed by atoms with E-state index < -0.39 is 0 Å². The molecule has 4 rings (SSSR count). The highest BCUT2D eigenvalue weighted by Gasteiger charge is 2.15. The van der Waals surface area contributed by atoms with Crippen LogP contribution in [-0.4, -0.2) is 14.8 Å². The van der Waals surface area contributed by atoms with Gasteiger partial charge >= 0.3 is 0 Å². The van der Waals surface area contributed by atoms with Gasteiger partial charge in [0.15, 0.2) is 0 Å². The number of nitrogens with zero attached hydrogens (tertiary/aromatic N) is 1. The number of para-hydroxylation sites is 1. The van der Waals surface area contributed by atoms with Crippen LogP contribution >= 0.6 is 0 Å². The van der Waals surface area contributed by atoms with E-state index in [-0.39, 0.29) is 22.3 Å². The molecule has 24 heavy (non-hydrogen) atoms. The Hall–Kier alpha value is -3.27.